The molecule has 2 amide bonds. The number of nitrogens with zero attached hydrogens (tertiary/aromatic N) is 2. The van der Waals surface area contributed by atoms with Gasteiger partial charge in [0.15, 0.2) is 0 Å². The van der Waals surface area contributed by atoms with Crippen molar-refractivity contribution in [2.24, 2.45) is 11.8 Å². The number of anilines is 2. The summed E-state index contributed by atoms with van der Waals surface area (Å²) in [4.78, 5) is 24.5. The number of carbonyl (C=O) groups is 2. The van der Waals surface area contributed by atoms with E-state index in [1.807, 2.05) is 0 Å². The Balaban J connectivity index is 0.00000320. The van der Waals surface area contributed by atoms with Gasteiger partial charge in [0.2, 0.25) is 11.8 Å². The average molecular weight is 436 g/mol. The molecule has 1 atom stereocenters. The molecule has 2 aromatic rings. The van der Waals surface area contributed by atoms with E-state index in [4.69, 9.17) is 4.74 Å². The van der Waals surface area contributed by atoms with Crippen molar-refractivity contribution in [2.45, 2.75) is 32.7 Å². The summed E-state index contributed by atoms with van der Waals surface area (Å²) < 4.78 is 6.60. The van der Waals surface area contributed by atoms with Gasteiger partial charge >= 0.3 is 0 Å². The molecule has 1 aromatic carbocycles. The van der Waals surface area contributed by atoms with E-state index in [2.05, 4.69) is 28.0 Å². The summed E-state index contributed by atoms with van der Waals surface area (Å²) >= 11 is 0. The molecule has 9 heteroatoms. The number of rotatable bonds is 8. The van der Waals surface area contributed by atoms with Crippen LogP contribution in [-0.4, -0.2) is 41.8 Å². The van der Waals surface area contributed by atoms with Crippen LogP contribution in [0.3, 0.4) is 0 Å². The van der Waals surface area contributed by atoms with Crippen molar-refractivity contribution in [3.8, 4) is 5.75 Å². The van der Waals surface area contributed by atoms with Crippen molar-refractivity contribution >= 4 is 35.6 Å². The van der Waals surface area contributed by atoms with Crippen LogP contribution < -0.4 is 20.7 Å². The summed E-state index contributed by atoms with van der Waals surface area (Å²) in [5.41, 5.74) is 1.29. The molecule has 164 valence electrons. The molecule has 0 saturated carbocycles. The molecule has 8 nitrogen and oxygen atoms in total. The predicted octanol–water partition coefficient (Wildman–Crippen LogP) is 2.92. The number of hydrogen-bond acceptors (Lipinski definition) is 5. The number of carbonyl (C=O) groups excluding carboxylic acids is 2. The van der Waals surface area contributed by atoms with E-state index in [0.717, 1.165) is 31.7 Å². The first-order valence-electron chi connectivity index (χ1n) is 10.0. The summed E-state index contributed by atoms with van der Waals surface area (Å²) in [5, 5.41) is 13.2. The molecule has 1 aromatic heterocycles. The molecule has 0 bridgehead atoms. The molecule has 3 N–H and O–H groups in total. The molecule has 1 unspecified atom stereocenters. The minimum absolute atomic E-state index is 0. The molecular weight excluding hydrogens is 406 g/mol. The highest BCUT2D eigenvalue weighted by atomic mass is 35.5. The third kappa shape index (κ3) is 7.03. The number of piperidine rings is 1. The minimum Gasteiger partial charge on any atom is -0.497 e. The van der Waals surface area contributed by atoms with E-state index >= 15 is 0 Å². The average Bonchev–Trinajstić information content (AvgIpc) is 3.15. The van der Waals surface area contributed by atoms with Crippen LogP contribution >= 0.6 is 12.4 Å². The zero-order chi connectivity index (χ0) is 20.6. The summed E-state index contributed by atoms with van der Waals surface area (Å²) in [6.07, 6.45) is 5.97. The van der Waals surface area contributed by atoms with Gasteiger partial charge in [-0.2, -0.15) is 5.10 Å². The van der Waals surface area contributed by atoms with Crippen molar-refractivity contribution in [3.63, 3.8) is 0 Å². The number of methoxy groups -OCH3 is 1. The Morgan fingerprint density at radius 2 is 1.83 bits per heavy atom. The second-order valence-corrected chi connectivity index (χ2v) is 7.52. The Kier molecular flexibility index (Phi) is 9.14. The van der Waals surface area contributed by atoms with Crippen molar-refractivity contribution in [3.05, 3.63) is 36.7 Å². The topological polar surface area (TPSA) is 97.3 Å². The Hall–Kier alpha value is -2.58. The fourth-order valence-electron chi connectivity index (χ4n) is 3.62. The Morgan fingerprint density at radius 3 is 2.50 bits per heavy atom. The van der Waals surface area contributed by atoms with Gasteiger partial charge in [-0.1, -0.05) is 6.92 Å². The quantitative estimate of drug-likeness (QED) is 0.592. The van der Waals surface area contributed by atoms with Crippen molar-refractivity contribution in [1.82, 2.24) is 15.1 Å². The molecular formula is C21H30ClN5O3. The summed E-state index contributed by atoms with van der Waals surface area (Å²) in [5.74, 6) is 1.45. The predicted molar refractivity (Wildman–Crippen MR) is 119 cm³/mol. The van der Waals surface area contributed by atoms with E-state index in [1.54, 1.807) is 43.8 Å². The highest BCUT2D eigenvalue weighted by Crippen LogP contribution is 2.24. The van der Waals surface area contributed by atoms with Crippen LogP contribution in [0.4, 0.5) is 11.4 Å². The van der Waals surface area contributed by atoms with Crippen LogP contribution in [0.2, 0.25) is 0 Å². The van der Waals surface area contributed by atoms with Gasteiger partial charge in [-0.05, 0) is 62.0 Å². The lowest BCUT2D eigenvalue weighted by molar-refractivity contribution is -0.118. The van der Waals surface area contributed by atoms with Gasteiger partial charge in [0.05, 0.1) is 19.0 Å². The number of nitrogens with one attached hydrogen (secondary N) is 3. The van der Waals surface area contributed by atoms with Crippen LogP contribution in [0.5, 0.6) is 5.75 Å². The van der Waals surface area contributed by atoms with Crippen molar-refractivity contribution < 1.29 is 14.3 Å². The van der Waals surface area contributed by atoms with Gasteiger partial charge < -0.3 is 20.7 Å². The van der Waals surface area contributed by atoms with E-state index < -0.39 is 0 Å². The molecule has 30 heavy (non-hydrogen) atoms. The zero-order valence-electron chi connectivity index (χ0n) is 17.4. The second-order valence-electron chi connectivity index (χ2n) is 7.52. The SMILES string of the molecule is COc1ccc(NC(=O)Cn2cc(NC(=O)CC(C)C3CCNCC3)cn2)cc1.Cl. The summed E-state index contributed by atoms with van der Waals surface area (Å²) in [6.45, 7) is 4.26. The van der Waals surface area contributed by atoms with Crippen molar-refractivity contribution in [2.75, 3.05) is 30.8 Å². The first-order valence-corrected chi connectivity index (χ1v) is 10.0. The van der Waals surface area contributed by atoms with Gasteiger partial charge in [0, 0.05) is 18.3 Å². The zero-order valence-corrected chi connectivity index (χ0v) is 18.2. The number of amides is 2. The van der Waals surface area contributed by atoms with Crippen LogP contribution in [0.15, 0.2) is 36.7 Å². The van der Waals surface area contributed by atoms with E-state index in [1.165, 1.54) is 4.68 Å². The van der Waals surface area contributed by atoms with Gasteiger partial charge in [-0.15, -0.1) is 12.4 Å². The molecule has 1 aliphatic rings. The van der Waals surface area contributed by atoms with Gasteiger partial charge in [0.1, 0.15) is 12.3 Å². The largest absolute Gasteiger partial charge is 0.497 e. The molecule has 3 rings (SSSR count). The maximum atomic E-state index is 12.3. The fourth-order valence-corrected chi connectivity index (χ4v) is 3.62. The van der Waals surface area contributed by atoms with Crippen molar-refractivity contribution in [1.29, 1.82) is 0 Å². The first-order chi connectivity index (χ1) is 14.0. The van der Waals surface area contributed by atoms with E-state index in [-0.39, 0.29) is 30.8 Å². The Labute approximate surface area is 183 Å². The van der Waals surface area contributed by atoms with Crippen LogP contribution in [-0.2, 0) is 16.1 Å². The number of halogens is 1. The monoisotopic (exact) mass is 435 g/mol. The normalized spacial score (nSPS) is 15.0. The molecule has 0 spiro atoms. The Morgan fingerprint density at radius 1 is 1.17 bits per heavy atom. The molecule has 1 aliphatic heterocycles. The second kappa shape index (κ2) is 11.6. The molecule has 0 radical (unpaired) electrons. The lowest BCUT2D eigenvalue weighted by Gasteiger charge is -2.27. The maximum absolute atomic E-state index is 12.3. The number of ether oxygens (including phenoxy) is 1. The van der Waals surface area contributed by atoms with E-state index in [9.17, 15) is 9.59 Å². The molecule has 1 saturated heterocycles. The summed E-state index contributed by atoms with van der Waals surface area (Å²) in [7, 11) is 1.59. The van der Waals surface area contributed by atoms with E-state index in [0.29, 0.717) is 29.6 Å². The Bertz CT molecular complexity index is 818. The molecule has 0 aliphatic carbocycles. The third-order valence-electron chi connectivity index (χ3n) is 5.29. The summed E-state index contributed by atoms with van der Waals surface area (Å²) in [6, 6.07) is 7.11. The third-order valence-corrected chi connectivity index (χ3v) is 5.29. The number of benzene rings is 1. The van der Waals surface area contributed by atoms with Gasteiger partial charge in [0.25, 0.3) is 0 Å². The fraction of sp³-hybridized carbons (Fsp3) is 0.476. The van der Waals surface area contributed by atoms with Gasteiger partial charge in [-0.3, -0.25) is 14.3 Å². The minimum atomic E-state index is -0.198. The highest BCUT2D eigenvalue weighted by molar-refractivity contribution is 5.91. The highest BCUT2D eigenvalue weighted by Gasteiger charge is 2.22. The standard InChI is InChI=1S/C21H29N5O3.ClH/c1-15(16-7-9-22-10-8-16)11-20(27)25-18-12-23-26(13-18)14-21(28)24-17-3-5-19(29-2)6-4-17;/h3-6,12-13,15-16,22H,7-11,14H2,1-2H3,(H,24,28)(H,25,27);1H. The van der Waals surface area contributed by atoms with Gasteiger partial charge in [-0.25, -0.2) is 0 Å². The van der Waals surface area contributed by atoms with Crippen LogP contribution in [0.1, 0.15) is 26.2 Å². The lowest BCUT2D eigenvalue weighted by Crippen LogP contribution is -2.32. The smallest absolute Gasteiger partial charge is 0.246 e. The lowest BCUT2D eigenvalue weighted by atomic mass is 9.84. The van der Waals surface area contributed by atoms with Crippen LogP contribution in [0, 0.1) is 11.8 Å². The maximum Gasteiger partial charge on any atom is 0.246 e. The first kappa shape index (κ1) is 23.7. The number of hydrogen-bond donors (Lipinski definition) is 3. The number of aromatic nitrogens is 2. The molecule has 1 fully saturated rings. The van der Waals surface area contributed by atoms with Crippen LogP contribution in [0.25, 0.3) is 0 Å². The molecule has 2 heterocycles.